The second-order valence-corrected chi connectivity index (χ2v) is 7.12. The Kier molecular flexibility index (Phi) is 4.50. The molecule has 2 aromatic rings. The smallest absolute Gasteiger partial charge is 0.195 e. The number of thiazole rings is 1. The van der Waals surface area contributed by atoms with Crippen molar-refractivity contribution in [2.75, 3.05) is 18.5 Å². The lowest BCUT2D eigenvalue weighted by molar-refractivity contribution is 0.339. The number of nitrogens with one attached hydrogen (secondary N) is 1. The molecule has 0 amide bonds. The molecule has 2 aromatic heterocycles. The van der Waals surface area contributed by atoms with E-state index in [1.54, 1.807) is 11.3 Å². The predicted octanol–water partition coefficient (Wildman–Crippen LogP) is 3.52. The summed E-state index contributed by atoms with van der Waals surface area (Å²) >= 11 is 1.72. The van der Waals surface area contributed by atoms with Crippen LogP contribution in [0.3, 0.4) is 0 Å². The summed E-state index contributed by atoms with van der Waals surface area (Å²) in [5.41, 5.74) is 1.30. The Hall–Kier alpha value is -1.07. The van der Waals surface area contributed by atoms with Gasteiger partial charge in [0.25, 0.3) is 0 Å². The first-order chi connectivity index (χ1) is 10.2. The molecule has 0 unspecified atom stereocenters. The number of rotatable bonds is 5. The van der Waals surface area contributed by atoms with Crippen LogP contribution in [-0.4, -0.2) is 29.0 Å². The normalized spacial score (nSPS) is 22.8. The third kappa shape index (κ3) is 2.94. The van der Waals surface area contributed by atoms with Crippen LogP contribution in [0.15, 0.2) is 11.6 Å². The Balaban J connectivity index is 1.85. The maximum atomic E-state index is 4.89. The van der Waals surface area contributed by atoms with E-state index in [4.69, 9.17) is 4.98 Å². The summed E-state index contributed by atoms with van der Waals surface area (Å²) in [7, 11) is 2.22. The van der Waals surface area contributed by atoms with E-state index in [0.29, 0.717) is 6.04 Å². The number of hydrogen-bond donors (Lipinski definition) is 1. The van der Waals surface area contributed by atoms with Gasteiger partial charge in [0.05, 0.1) is 5.69 Å². The number of imidazole rings is 1. The van der Waals surface area contributed by atoms with E-state index >= 15 is 0 Å². The van der Waals surface area contributed by atoms with E-state index < -0.39 is 0 Å². The van der Waals surface area contributed by atoms with Gasteiger partial charge in [-0.1, -0.05) is 13.8 Å². The van der Waals surface area contributed by atoms with Gasteiger partial charge in [0.2, 0.25) is 0 Å². The predicted molar refractivity (Wildman–Crippen MR) is 90.3 cm³/mol. The first kappa shape index (κ1) is 14.9. The maximum Gasteiger partial charge on any atom is 0.195 e. The van der Waals surface area contributed by atoms with Crippen molar-refractivity contribution in [3.63, 3.8) is 0 Å². The van der Waals surface area contributed by atoms with Crippen LogP contribution >= 0.6 is 11.3 Å². The highest BCUT2D eigenvalue weighted by Crippen LogP contribution is 2.31. The first-order valence-electron chi connectivity index (χ1n) is 8.08. The Morgan fingerprint density at radius 2 is 2.14 bits per heavy atom. The van der Waals surface area contributed by atoms with Crippen LogP contribution < -0.4 is 10.2 Å². The Morgan fingerprint density at radius 3 is 2.86 bits per heavy atom. The van der Waals surface area contributed by atoms with Crippen molar-refractivity contribution in [1.29, 1.82) is 0 Å². The van der Waals surface area contributed by atoms with Crippen LogP contribution in [0.2, 0.25) is 0 Å². The van der Waals surface area contributed by atoms with Crippen molar-refractivity contribution in [1.82, 2.24) is 14.7 Å². The monoisotopic (exact) mass is 306 g/mol. The van der Waals surface area contributed by atoms with Crippen molar-refractivity contribution >= 4 is 22.1 Å². The molecule has 0 aromatic carbocycles. The molecule has 0 spiro atoms. The van der Waals surface area contributed by atoms with E-state index in [0.717, 1.165) is 24.0 Å². The highest BCUT2D eigenvalue weighted by molar-refractivity contribution is 7.15. The summed E-state index contributed by atoms with van der Waals surface area (Å²) in [5, 5.41) is 5.57. The fraction of sp³-hybridized carbons (Fsp3) is 0.688. The van der Waals surface area contributed by atoms with E-state index in [2.05, 4.69) is 47.1 Å². The number of hydrogen-bond acceptors (Lipinski definition) is 4. The van der Waals surface area contributed by atoms with Crippen molar-refractivity contribution in [3.8, 4) is 0 Å². The molecule has 5 heteroatoms. The van der Waals surface area contributed by atoms with Gasteiger partial charge in [0.15, 0.2) is 10.8 Å². The van der Waals surface area contributed by atoms with Gasteiger partial charge < -0.3 is 10.2 Å². The average molecular weight is 306 g/mol. The fourth-order valence-corrected chi connectivity index (χ4v) is 4.04. The molecule has 0 bridgehead atoms. The van der Waals surface area contributed by atoms with Crippen LogP contribution in [0.5, 0.6) is 0 Å². The summed E-state index contributed by atoms with van der Waals surface area (Å²) in [6, 6.07) is 0.645. The van der Waals surface area contributed by atoms with Crippen LogP contribution in [-0.2, 0) is 6.54 Å². The third-order valence-corrected chi connectivity index (χ3v) is 5.51. The van der Waals surface area contributed by atoms with Crippen LogP contribution in [0.1, 0.15) is 45.2 Å². The molecule has 0 atom stereocenters. The molecule has 0 radical (unpaired) electrons. The molecule has 1 aliphatic rings. The Bertz CT molecular complexity index is 580. The second kappa shape index (κ2) is 6.36. The van der Waals surface area contributed by atoms with Gasteiger partial charge in [-0.3, -0.25) is 4.40 Å². The molecule has 0 aliphatic heterocycles. The van der Waals surface area contributed by atoms with Gasteiger partial charge in [-0.25, -0.2) is 4.98 Å². The summed E-state index contributed by atoms with van der Waals surface area (Å²) in [6.45, 7) is 6.40. The minimum atomic E-state index is 0.645. The van der Waals surface area contributed by atoms with Gasteiger partial charge in [-0.2, -0.15) is 0 Å². The van der Waals surface area contributed by atoms with Gasteiger partial charge in [0, 0.05) is 31.2 Å². The lowest BCUT2D eigenvalue weighted by Gasteiger charge is -2.34. The molecule has 116 valence electrons. The summed E-state index contributed by atoms with van der Waals surface area (Å²) in [5.74, 6) is 2.06. The largest absolute Gasteiger partial charge is 0.355 e. The van der Waals surface area contributed by atoms with E-state index in [-0.39, 0.29) is 0 Å². The molecule has 1 N–H and O–H groups in total. The fourth-order valence-electron chi connectivity index (χ4n) is 3.31. The van der Waals surface area contributed by atoms with Crippen LogP contribution in [0.4, 0.5) is 5.82 Å². The molecular formula is C16H26N4S. The average Bonchev–Trinajstić information content (AvgIpc) is 3.06. The molecule has 1 fully saturated rings. The minimum Gasteiger partial charge on any atom is -0.355 e. The maximum absolute atomic E-state index is 4.89. The number of anilines is 1. The first-order valence-corrected chi connectivity index (χ1v) is 8.96. The Morgan fingerprint density at radius 1 is 1.38 bits per heavy atom. The summed E-state index contributed by atoms with van der Waals surface area (Å²) in [4.78, 5) is 8.42. The molecule has 0 saturated heterocycles. The molecule has 2 heterocycles. The van der Waals surface area contributed by atoms with Crippen LogP contribution in [0.25, 0.3) is 4.96 Å². The van der Waals surface area contributed by atoms with E-state index in [9.17, 15) is 0 Å². The molecule has 3 rings (SSSR count). The van der Waals surface area contributed by atoms with Crippen molar-refractivity contribution in [2.45, 2.75) is 52.1 Å². The molecule has 21 heavy (non-hydrogen) atoms. The molecule has 4 nitrogen and oxygen atoms in total. The van der Waals surface area contributed by atoms with Gasteiger partial charge in [0.1, 0.15) is 0 Å². The zero-order valence-electron chi connectivity index (χ0n) is 13.3. The SMILES string of the molecule is CCNCc1c(N(C)C2CCC(C)CC2)nc2sccn12. The quantitative estimate of drug-likeness (QED) is 0.917. The van der Waals surface area contributed by atoms with Gasteiger partial charge in [-0.05, 0) is 38.1 Å². The van der Waals surface area contributed by atoms with E-state index in [1.807, 2.05) is 0 Å². The molecule has 1 aliphatic carbocycles. The zero-order valence-corrected chi connectivity index (χ0v) is 14.1. The van der Waals surface area contributed by atoms with Gasteiger partial charge in [-0.15, -0.1) is 11.3 Å². The van der Waals surface area contributed by atoms with Crippen molar-refractivity contribution < 1.29 is 0 Å². The van der Waals surface area contributed by atoms with Crippen molar-refractivity contribution in [2.24, 2.45) is 5.92 Å². The Labute approximate surface area is 131 Å². The third-order valence-electron chi connectivity index (χ3n) is 4.75. The molecule has 1 saturated carbocycles. The van der Waals surface area contributed by atoms with Crippen LogP contribution in [0, 0.1) is 5.92 Å². The number of nitrogens with zero attached hydrogens (tertiary/aromatic N) is 3. The second-order valence-electron chi connectivity index (χ2n) is 6.24. The summed E-state index contributed by atoms with van der Waals surface area (Å²) in [6.07, 6.45) is 7.42. The minimum absolute atomic E-state index is 0.645. The standard InChI is InChI=1S/C16H26N4S/c1-4-17-11-14-15(18-16-20(14)9-10-21-16)19(3)13-7-5-12(2)6-8-13/h9-10,12-13,17H,4-8,11H2,1-3H3. The lowest BCUT2D eigenvalue weighted by Crippen LogP contribution is -2.36. The lowest BCUT2D eigenvalue weighted by atomic mass is 9.87. The zero-order chi connectivity index (χ0) is 14.8. The molecular weight excluding hydrogens is 280 g/mol. The topological polar surface area (TPSA) is 32.6 Å². The number of aromatic nitrogens is 2. The van der Waals surface area contributed by atoms with Crippen molar-refractivity contribution in [3.05, 3.63) is 17.3 Å². The summed E-state index contributed by atoms with van der Waals surface area (Å²) < 4.78 is 2.24. The number of fused-ring (bicyclic) bond motifs is 1. The van der Waals surface area contributed by atoms with Gasteiger partial charge >= 0.3 is 0 Å². The van der Waals surface area contributed by atoms with E-state index in [1.165, 1.54) is 37.2 Å². The highest BCUT2D eigenvalue weighted by Gasteiger charge is 2.25. The highest BCUT2D eigenvalue weighted by atomic mass is 32.1.